The van der Waals surface area contributed by atoms with E-state index in [9.17, 15) is 0 Å². The molecule has 1 rings (SSSR count). The predicted molar refractivity (Wildman–Crippen MR) is 74.6 cm³/mol. The third-order valence-electron chi connectivity index (χ3n) is 3.08. The van der Waals surface area contributed by atoms with Crippen LogP contribution in [0.15, 0.2) is 28.7 Å². The van der Waals surface area contributed by atoms with E-state index >= 15 is 0 Å². The first-order valence-corrected chi connectivity index (χ1v) is 6.85. The highest BCUT2D eigenvalue weighted by Crippen LogP contribution is 2.18. The van der Waals surface area contributed by atoms with E-state index in [1.54, 1.807) is 0 Å². The Hall–Kier alpha value is -0.340. The number of hydrogen-bond donors (Lipinski definition) is 1. The minimum atomic E-state index is 0.417. The Morgan fingerprint density at radius 1 is 1.12 bits per heavy atom. The van der Waals surface area contributed by atoms with Crippen molar-refractivity contribution in [3.8, 4) is 0 Å². The molecule has 1 N–H and O–H groups in total. The van der Waals surface area contributed by atoms with Gasteiger partial charge in [-0.3, -0.25) is 0 Å². The van der Waals surface area contributed by atoms with Crippen LogP contribution in [0.4, 0.5) is 0 Å². The third-order valence-corrected chi connectivity index (χ3v) is 3.61. The van der Waals surface area contributed by atoms with Gasteiger partial charge in [0.05, 0.1) is 0 Å². The first-order chi connectivity index (χ1) is 7.54. The van der Waals surface area contributed by atoms with Gasteiger partial charge < -0.3 is 5.32 Å². The molecule has 0 fully saturated rings. The molecule has 1 aromatic carbocycles. The molecule has 90 valence electrons. The molecule has 2 heteroatoms. The number of rotatable bonds is 5. The van der Waals surface area contributed by atoms with Crippen LogP contribution in [-0.2, 0) is 0 Å². The summed E-state index contributed by atoms with van der Waals surface area (Å²) in [5, 5.41) is 3.69. The van der Waals surface area contributed by atoms with Crippen molar-refractivity contribution in [2.24, 2.45) is 5.92 Å². The molecular formula is C14H22BrN. The average Bonchev–Trinajstić information content (AvgIpc) is 2.26. The molecule has 0 amide bonds. The Labute approximate surface area is 108 Å². The van der Waals surface area contributed by atoms with Gasteiger partial charge in [0.15, 0.2) is 0 Å². The van der Waals surface area contributed by atoms with Crippen molar-refractivity contribution < 1.29 is 0 Å². The van der Waals surface area contributed by atoms with Crippen LogP contribution in [0.25, 0.3) is 0 Å². The summed E-state index contributed by atoms with van der Waals surface area (Å²) in [6.45, 7) is 9.02. The smallest absolute Gasteiger partial charge is 0.0294 e. The van der Waals surface area contributed by atoms with Crippen LogP contribution in [-0.4, -0.2) is 6.04 Å². The minimum Gasteiger partial charge on any atom is -0.307 e. The number of nitrogens with one attached hydrogen (secondary N) is 1. The summed E-state index contributed by atoms with van der Waals surface area (Å²) >= 11 is 3.46. The molecule has 0 aliphatic rings. The van der Waals surface area contributed by atoms with E-state index in [0.717, 1.165) is 4.47 Å². The lowest BCUT2D eigenvalue weighted by atomic mass is 9.99. The van der Waals surface area contributed by atoms with E-state index < -0.39 is 0 Å². The maximum Gasteiger partial charge on any atom is 0.0294 e. The van der Waals surface area contributed by atoms with Crippen LogP contribution in [0.3, 0.4) is 0 Å². The van der Waals surface area contributed by atoms with Gasteiger partial charge in [0, 0.05) is 16.6 Å². The SMILES string of the molecule is CCC(NC(C)c1ccc(Br)cc1)C(C)C. The van der Waals surface area contributed by atoms with Crippen LogP contribution in [0.5, 0.6) is 0 Å². The van der Waals surface area contributed by atoms with E-state index in [2.05, 4.69) is 73.2 Å². The molecule has 0 saturated heterocycles. The van der Waals surface area contributed by atoms with Crippen LogP contribution in [0.1, 0.15) is 45.7 Å². The zero-order chi connectivity index (χ0) is 12.1. The summed E-state index contributed by atoms with van der Waals surface area (Å²) in [4.78, 5) is 0. The van der Waals surface area contributed by atoms with Gasteiger partial charge in [-0.25, -0.2) is 0 Å². The fraction of sp³-hybridized carbons (Fsp3) is 0.571. The molecular weight excluding hydrogens is 262 g/mol. The molecule has 0 aliphatic carbocycles. The van der Waals surface area contributed by atoms with Crippen molar-refractivity contribution in [3.05, 3.63) is 34.3 Å². The van der Waals surface area contributed by atoms with Crippen LogP contribution in [0, 0.1) is 5.92 Å². The molecule has 16 heavy (non-hydrogen) atoms. The lowest BCUT2D eigenvalue weighted by Crippen LogP contribution is -2.35. The molecule has 0 spiro atoms. The molecule has 0 heterocycles. The van der Waals surface area contributed by atoms with E-state index in [0.29, 0.717) is 18.0 Å². The monoisotopic (exact) mass is 283 g/mol. The van der Waals surface area contributed by atoms with Crippen molar-refractivity contribution >= 4 is 15.9 Å². The van der Waals surface area contributed by atoms with E-state index in [1.165, 1.54) is 12.0 Å². The highest BCUT2D eigenvalue weighted by Gasteiger charge is 2.14. The molecule has 1 aromatic rings. The second-order valence-electron chi connectivity index (χ2n) is 4.70. The second kappa shape index (κ2) is 6.41. The first kappa shape index (κ1) is 13.7. The Balaban J connectivity index is 2.64. The van der Waals surface area contributed by atoms with Gasteiger partial charge in [-0.05, 0) is 37.0 Å². The van der Waals surface area contributed by atoms with Crippen LogP contribution < -0.4 is 5.32 Å². The summed E-state index contributed by atoms with van der Waals surface area (Å²) in [5.74, 6) is 0.683. The fourth-order valence-corrected chi connectivity index (χ4v) is 2.21. The van der Waals surface area contributed by atoms with Crippen molar-refractivity contribution in [2.75, 3.05) is 0 Å². The fourth-order valence-electron chi connectivity index (χ4n) is 1.95. The lowest BCUT2D eigenvalue weighted by molar-refractivity contribution is 0.356. The van der Waals surface area contributed by atoms with Crippen LogP contribution in [0.2, 0.25) is 0 Å². The summed E-state index contributed by atoms with van der Waals surface area (Å²) in [7, 11) is 0. The maximum atomic E-state index is 3.69. The van der Waals surface area contributed by atoms with Crippen molar-refractivity contribution in [1.82, 2.24) is 5.32 Å². The Morgan fingerprint density at radius 3 is 2.12 bits per heavy atom. The highest BCUT2D eigenvalue weighted by atomic mass is 79.9. The zero-order valence-corrected chi connectivity index (χ0v) is 12.2. The number of halogens is 1. The van der Waals surface area contributed by atoms with E-state index in [-0.39, 0.29) is 0 Å². The largest absolute Gasteiger partial charge is 0.307 e. The molecule has 1 nitrogen and oxygen atoms in total. The maximum absolute atomic E-state index is 3.69. The van der Waals surface area contributed by atoms with Gasteiger partial charge in [-0.1, -0.05) is 48.8 Å². The number of benzene rings is 1. The van der Waals surface area contributed by atoms with E-state index in [4.69, 9.17) is 0 Å². The first-order valence-electron chi connectivity index (χ1n) is 6.06. The second-order valence-corrected chi connectivity index (χ2v) is 5.61. The number of hydrogen-bond acceptors (Lipinski definition) is 1. The van der Waals surface area contributed by atoms with Gasteiger partial charge in [0.1, 0.15) is 0 Å². The molecule has 0 radical (unpaired) electrons. The van der Waals surface area contributed by atoms with Gasteiger partial charge >= 0.3 is 0 Å². The molecule has 0 aliphatic heterocycles. The Bertz CT molecular complexity index is 305. The van der Waals surface area contributed by atoms with Gasteiger partial charge in [-0.2, -0.15) is 0 Å². The quantitative estimate of drug-likeness (QED) is 0.837. The van der Waals surface area contributed by atoms with Crippen molar-refractivity contribution in [1.29, 1.82) is 0 Å². The van der Waals surface area contributed by atoms with Crippen LogP contribution >= 0.6 is 15.9 Å². The van der Waals surface area contributed by atoms with Crippen molar-refractivity contribution in [3.63, 3.8) is 0 Å². The average molecular weight is 284 g/mol. The summed E-state index contributed by atoms with van der Waals surface area (Å²) in [6.07, 6.45) is 1.18. The van der Waals surface area contributed by atoms with Gasteiger partial charge in [0.25, 0.3) is 0 Å². The Kier molecular flexibility index (Phi) is 5.50. The summed E-state index contributed by atoms with van der Waals surface area (Å²) in [6, 6.07) is 9.57. The molecule has 0 saturated carbocycles. The van der Waals surface area contributed by atoms with Gasteiger partial charge in [0.2, 0.25) is 0 Å². The lowest BCUT2D eigenvalue weighted by Gasteiger charge is -2.25. The normalized spacial score (nSPS) is 15.1. The highest BCUT2D eigenvalue weighted by molar-refractivity contribution is 9.10. The molecule has 2 unspecified atom stereocenters. The molecule has 0 aromatic heterocycles. The predicted octanol–water partition coefficient (Wildman–Crippen LogP) is 4.53. The van der Waals surface area contributed by atoms with Crippen molar-refractivity contribution in [2.45, 2.75) is 46.2 Å². The third kappa shape index (κ3) is 3.91. The molecule has 0 bridgehead atoms. The minimum absolute atomic E-state index is 0.417. The standard InChI is InChI=1S/C14H22BrN/c1-5-14(10(2)3)16-11(4)12-6-8-13(15)9-7-12/h6-11,14,16H,5H2,1-4H3. The summed E-state index contributed by atoms with van der Waals surface area (Å²) < 4.78 is 1.14. The zero-order valence-electron chi connectivity index (χ0n) is 10.6. The molecule has 2 atom stereocenters. The van der Waals surface area contributed by atoms with Gasteiger partial charge in [-0.15, -0.1) is 0 Å². The Morgan fingerprint density at radius 2 is 1.69 bits per heavy atom. The van der Waals surface area contributed by atoms with E-state index in [1.807, 2.05) is 0 Å². The topological polar surface area (TPSA) is 12.0 Å². The summed E-state index contributed by atoms with van der Waals surface area (Å²) in [5.41, 5.74) is 1.35.